The van der Waals surface area contributed by atoms with E-state index in [2.05, 4.69) is 21.5 Å². The van der Waals surface area contributed by atoms with Gasteiger partial charge >= 0.3 is 0 Å². The first-order chi connectivity index (χ1) is 7.79. The average molecular weight is 217 g/mol. The van der Waals surface area contributed by atoms with Crippen LogP contribution in [0.2, 0.25) is 0 Å². The third-order valence-electron chi connectivity index (χ3n) is 2.86. The van der Waals surface area contributed by atoms with Crippen LogP contribution in [0.5, 0.6) is 0 Å². The van der Waals surface area contributed by atoms with Crippen molar-refractivity contribution < 1.29 is 0 Å². The third kappa shape index (κ3) is 2.13. The Labute approximate surface area is 94.1 Å². The maximum atomic E-state index is 4.36. The lowest BCUT2D eigenvalue weighted by Gasteiger charge is -1.96. The van der Waals surface area contributed by atoms with Gasteiger partial charge in [0.05, 0.1) is 18.1 Å². The molecule has 5 heteroatoms. The van der Waals surface area contributed by atoms with Gasteiger partial charge in [0.25, 0.3) is 0 Å². The molecule has 0 atom stereocenters. The lowest BCUT2D eigenvalue weighted by atomic mass is 10.2. The summed E-state index contributed by atoms with van der Waals surface area (Å²) < 4.78 is 2.05. The molecule has 84 valence electrons. The van der Waals surface area contributed by atoms with Gasteiger partial charge in [-0.2, -0.15) is 20.1 Å². The third-order valence-corrected chi connectivity index (χ3v) is 2.86. The number of aryl methyl sites for hydroxylation is 1. The molecule has 0 unspecified atom stereocenters. The van der Waals surface area contributed by atoms with E-state index in [1.807, 2.05) is 17.9 Å². The highest BCUT2D eigenvalue weighted by Crippen LogP contribution is 2.30. The molecule has 2 heterocycles. The van der Waals surface area contributed by atoms with Gasteiger partial charge in [-0.15, -0.1) is 0 Å². The van der Waals surface area contributed by atoms with Crippen molar-refractivity contribution in [2.75, 3.05) is 0 Å². The van der Waals surface area contributed by atoms with Crippen molar-refractivity contribution >= 4 is 0 Å². The van der Waals surface area contributed by atoms with Crippen LogP contribution in [0.3, 0.4) is 0 Å². The molecule has 0 aromatic carbocycles. The van der Waals surface area contributed by atoms with Crippen LogP contribution in [0, 0.1) is 5.92 Å². The van der Waals surface area contributed by atoms with Gasteiger partial charge in [-0.25, -0.2) is 0 Å². The van der Waals surface area contributed by atoms with Crippen LogP contribution < -0.4 is 0 Å². The zero-order valence-corrected chi connectivity index (χ0v) is 9.37. The van der Waals surface area contributed by atoms with E-state index in [1.165, 1.54) is 18.4 Å². The second kappa shape index (κ2) is 3.73. The van der Waals surface area contributed by atoms with Gasteiger partial charge < -0.3 is 0 Å². The van der Waals surface area contributed by atoms with Gasteiger partial charge in [0.1, 0.15) is 0 Å². The standard InChI is InChI=1S/C11H15N5/c1-15-12-6-11(14-15)4-10-5-13-16(8-10)7-9-2-3-9/h5-6,8-9H,2-4,7H2,1H3. The number of aromatic nitrogens is 5. The second-order valence-corrected chi connectivity index (χ2v) is 4.52. The molecule has 16 heavy (non-hydrogen) atoms. The second-order valence-electron chi connectivity index (χ2n) is 4.52. The summed E-state index contributed by atoms with van der Waals surface area (Å²) in [6, 6.07) is 0. The average Bonchev–Trinajstić information content (AvgIpc) is 2.80. The number of nitrogens with zero attached hydrogens (tertiary/aromatic N) is 5. The van der Waals surface area contributed by atoms with E-state index in [1.54, 1.807) is 11.0 Å². The number of hydrogen-bond acceptors (Lipinski definition) is 3. The predicted molar refractivity (Wildman–Crippen MR) is 58.8 cm³/mol. The molecule has 1 aliphatic rings. The van der Waals surface area contributed by atoms with E-state index in [9.17, 15) is 0 Å². The van der Waals surface area contributed by atoms with Crippen LogP contribution >= 0.6 is 0 Å². The Kier molecular flexibility index (Phi) is 2.23. The summed E-state index contributed by atoms with van der Waals surface area (Å²) in [5.74, 6) is 0.865. The van der Waals surface area contributed by atoms with E-state index in [0.717, 1.165) is 24.6 Å². The van der Waals surface area contributed by atoms with Crippen molar-refractivity contribution in [3.05, 3.63) is 29.8 Å². The summed E-state index contributed by atoms with van der Waals surface area (Å²) >= 11 is 0. The van der Waals surface area contributed by atoms with Crippen molar-refractivity contribution in [1.82, 2.24) is 24.8 Å². The maximum absolute atomic E-state index is 4.36. The Hall–Kier alpha value is -1.65. The Morgan fingerprint density at radius 3 is 2.88 bits per heavy atom. The highest BCUT2D eigenvalue weighted by Gasteiger charge is 2.21. The van der Waals surface area contributed by atoms with Gasteiger partial charge in [0.2, 0.25) is 0 Å². The molecule has 0 amide bonds. The Bertz CT molecular complexity index is 480. The molecule has 0 spiro atoms. The topological polar surface area (TPSA) is 48.5 Å². The van der Waals surface area contributed by atoms with Gasteiger partial charge in [0.15, 0.2) is 0 Å². The zero-order chi connectivity index (χ0) is 11.0. The molecule has 5 nitrogen and oxygen atoms in total. The number of rotatable bonds is 4. The van der Waals surface area contributed by atoms with Crippen molar-refractivity contribution in [3.8, 4) is 0 Å². The molecule has 3 rings (SSSR count). The SMILES string of the molecule is Cn1ncc(Cc2cnn(CC3CC3)c2)n1. The fourth-order valence-corrected chi connectivity index (χ4v) is 1.84. The van der Waals surface area contributed by atoms with Crippen molar-refractivity contribution in [1.29, 1.82) is 0 Å². The largest absolute Gasteiger partial charge is 0.272 e. The summed E-state index contributed by atoms with van der Waals surface area (Å²) in [6.07, 6.45) is 9.39. The molecule has 0 radical (unpaired) electrons. The zero-order valence-electron chi connectivity index (χ0n) is 9.37. The molecule has 0 saturated heterocycles. The van der Waals surface area contributed by atoms with Crippen molar-refractivity contribution in [2.45, 2.75) is 25.8 Å². The molecule has 1 fully saturated rings. The summed E-state index contributed by atoms with van der Waals surface area (Å²) in [5.41, 5.74) is 2.20. The summed E-state index contributed by atoms with van der Waals surface area (Å²) in [5, 5.41) is 12.7. The highest BCUT2D eigenvalue weighted by molar-refractivity contribution is 5.13. The smallest absolute Gasteiger partial charge is 0.0872 e. The van der Waals surface area contributed by atoms with Crippen molar-refractivity contribution in [3.63, 3.8) is 0 Å². The van der Waals surface area contributed by atoms with E-state index in [4.69, 9.17) is 0 Å². The summed E-state index contributed by atoms with van der Waals surface area (Å²) in [7, 11) is 1.83. The maximum Gasteiger partial charge on any atom is 0.0872 e. The van der Waals surface area contributed by atoms with Crippen molar-refractivity contribution in [2.24, 2.45) is 13.0 Å². The molecule has 0 N–H and O–H groups in total. The van der Waals surface area contributed by atoms with Gasteiger partial charge in [0, 0.05) is 26.2 Å². The van der Waals surface area contributed by atoms with E-state index in [-0.39, 0.29) is 0 Å². The van der Waals surface area contributed by atoms with Crippen LogP contribution in [0.25, 0.3) is 0 Å². The van der Waals surface area contributed by atoms with E-state index in [0.29, 0.717) is 0 Å². The normalized spacial score (nSPS) is 15.6. The Balaban J connectivity index is 1.67. The summed E-state index contributed by atoms with van der Waals surface area (Å²) in [4.78, 5) is 1.59. The van der Waals surface area contributed by atoms with Crippen LogP contribution in [-0.2, 0) is 20.0 Å². The first-order valence-electron chi connectivity index (χ1n) is 5.66. The molecule has 2 aromatic rings. The molecule has 0 aliphatic heterocycles. The molecule has 1 saturated carbocycles. The predicted octanol–water partition coefficient (Wildman–Crippen LogP) is 1.01. The highest BCUT2D eigenvalue weighted by atomic mass is 15.4. The fourth-order valence-electron chi connectivity index (χ4n) is 1.84. The lowest BCUT2D eigenvalue weighted by Crippen LogP contribution is -1.99. The summed E-state index contributed by atoms with van der Waals surface area (Å²) in [6.45, 7) is 1.07. The van der Waals surface area contributed by atoms with Crippen LogP contribution in [-0.4, -0.2) is 24.8 Å². The lowest BCUT2D eigenvalue weighted by molar-refractivity contribution is 0.563. The van der Waals surface area contributed by atoms with Gasteiger partial charge in [-0.3, -0.25) is 4.68 Å². The first-order valence-corrected chi connectivity index (χ1v) is 5.66. The van der Waals surface area contributed by atoms with E-state index >= 15 is 0 Å². The van der Waals surface area contributed by atoms with Crippen LogP contribution in [0.15, 0.2) is 18.6 Å². The van der Waals surface area contributed by atoms with Gasteiger partial charge in [-0.05, 0) is 24.3 Å². The monoisotopic (exact) mass is 217 g/mol. The minimum Gasteiger partial charge on any atom is -0.272 e. The molecular formula is C11H15N5. The first kappa shape index (κ1) is 9.57. The fraction of sp³-hybridized carbons (Fsp3) is 0.545. The molecule has 0 bridgehead atoms. The minimum atomic E-state index is 0.818. The Morgan fingerprint density at radius 1 is 1.31 bits per heavy atom. The van der Waals surface area contributed by atoms with Crippen LogP contribution in [0.1, 0.15) is 24.1 Å². The Morgan fingerprint density at radius 2 is 2.19 bits per heavy atom. The molecular weight excluding hydrogens is 202 g/mol. The van der Waals surface area contributed by atoms with Crippen LogP contribution in [0.4, 0.5) is 0 Å². The molecule has 2 aromatic heterocycles. The minimum absolute atomic E-state index is 0.818. The number of hydrogen-bond donors (Lipinski definition) is 0. The molecule has 1 aliphatic carbocycles. The van der Waals surface area contributed by atoms with Gasteiger partial charge in [-0.1, -0.05) is 0 Å². The quantitative estimate of drug-likeness (QED) is 0.768. The van der Waals surface area contributed by atoms with E-state index < -0.39 is 0 Å².